The molecule has 1 aromatic carbocycles. The van der Waals surface area contributed by atoms with Crippen LogP contribution in [0.5, 0.6) is 5.75 Å². The van der Waals surface area contributed by atoms with E-state index in [0.29, 0.717) is 17.9 Å². The Kier molecular flexibility index (Phi) is 2.71. The minimum Gasteiger partial charge on any atom is -0.496 e. The number of fused-ring (bicyclic) bond motifs is 1. The number of hydrogen-bond acceptors (Lipinski definition) is 5. The van der Waals surface area contributed by atoms with E-state index in [0.717, 1.165) is 5.56 Å². The molecule has 3 aromatic rings. The van der Waals surface area contributed by atoms with E-state index in [1.165, 1.54) is 21.6 Å². The molecule has 3 rings (SSSR count). The third-order valence-electron chi connectivity index (χ3n) is 2.81. The molecule has 7 heteroatoms. The van der Waals surface area contributed by atoms with E-state index in [2.05, 4.69) is 15.3 Å². The van der Waals surface area contributed by atoms with Crippen molar-refractivity contribution in [2.24, 2.45) is 0 Å². The Hall–Kier alpha value is -2.70. The molecular weight excluding hydrogens is 246 g/mol. The summed E-state index contributed by atoms with van der Waals surface area (Å²) >= 11 is 0. The zero-order valence-corrected chi connectivity index (χ0v) is 10.2. The molecule has 0 saturated heterocycles. The Morgan fingerprint density at radius 1 is 1.32 bits per heavy atom. The second kappa shape index (κ2) is 4.52. The molecule has 96 valence electrons. The lowest BCUT2D eigenvalue weighted by Crippen LogP contribution is -2.30. The molecule has 0 aliphatic rings. The smallest absolute Gasteiger partial charge is 0.353 e. The van der Waals surface area contributed by atoms with Crippen LogP contribution in [0.4, 0.5) is 0 Å². The summed E-state index contributed by atoms with van der Waals surface area (Å²) in [5.74, 6) is 0.710. The molecule has 0 bridgehead atoms. The third kappa shape index (κ3) is 1.95. The molecule has 2 aromatic heterocycles. The van der Waals surface area contributed by atoms with Crippen molar-refractivity contribution < 1.29 is 4.74 Å². The first-order valence-corrected chi connectivity index (χ1v) is 5.67. The van der Waals surface area contributed by atoms with E-state index in [-0.39, 0.29) is 5.69 Å². The van der Waals surface area contributed by atoms with Crippen molar-refractivity contribution in [3.8, 4) is 5.75 Å². The van der Waals surface area contributed by atoms with Gasteiger partial charge in [0.25, 0.3) is 0 Å². The predicted octanol–water partition coefficient (Wildman–Crippen LogP) is 0.343. The molecule has 0 spiro atoms. The van der Waals surface area contributed by atoms with Gasteiger partial charge in [-0.3, -0.25) is 0 Å². The molecule has 0 aliphatic carbocycles. The van der Waals surface area contributed by atoms with Crippen LogP contribution in [0.15, 0.2) is 41.6 Å². The molecule has 7 nitrogen and oxygen atoms in total. The number of methoxy groups -OCH3 is 1. The molecule has 0 saturated carbocycles. The number of ether oxygens (including phenoxy) is 1. The van der Waals surface area contributed by atoms with E-state index < -0.39 is 0 Å². The quantitative estimate of drug-likeness (QED) is 0.676. The average molecular weight is 257 g/mol. The van der Waals surface area contributed by atoms with E-state index in [1.807, 2.05) is 24.3 Å². The van der Waals surface area contributed by atoms with Crippen LogP contribution in [0.25, 0.3) is 5.65 Å². The van der Waals surface area contributed by atoms with Gasteiger partial charge in [-0.15, -0.1) is 5.10 Å². The highest BCUT2D eigenvalue weighted by Gasteiger charge is 2.08. The summed E-state index contributed by atoms with van der Waals surface area (Å²) in [5, 5.41) is 7.81. The van der Waals surface area contributed by atoms with Gasteiger partial charge in [0.05, 0.1) is 19.9 Å². The highest BCUT2D eigenvalue weighted by Crippen LogP contribution is 2.17. The monoisotopic (exact) mass is 257 g/mol. The zero-order chi connectivity index (χ0) is 13.2. The number of benzene rings is 1. The first-order chi connectivity index (χ1) is 9.29. The average Bonchev–Trinajstić information content (AvgIpc) is 2.92. The van der Waals surface area contributed by atoms with Gasteiger partial charge in [-0.05, 0) is 6.07 Å². The van der Waals surface area contributed by atoms with Crippen LogP contribution >= 0.6 is 0 Å². The molecule has 0 radical (unpaired) electrons. The van der Waals surface area contributed by atoms with Crippen molar-refractivity contribution in [3.05, 3.63) is 52.8 Å². The molecule has 0 fully saturated rings. The Bertz CT molecular complexity index is 777. The molecule has 0 atom stereocenters. The fourth-order valence-corrected chi connectivity index (χ4v) is 1.87. The minimum absolute atomic E-state index is 0.284. The number of imidazole rings is 1. The van der Waals surface area contributed by atoms with Gasteiger partial charge in [-0.1, -0.05) is 23.4 Å². The first kappa shape index (κ1) is 11.4. The summed E-state index contributed by atoms with van der Waals surface area (Å²) in [7, 11) is 1.59. The normalized spacial score (nSPS) is 10.8. The van der Waals surface area contributed by atoms with E-state index in [9.17, 15) is 4.79 Å². The van der Waals surface area contributed by atoms with E-state index >= 15 is 0 Å². The first-order valence-electron chi connectivity index (χ1n) is 5.67. The maximum atomic E-state index is 12.1. The van der Waals surface area contributed by atoms with Crippen LogP contribution in [0.1, 0.15) is 5.56 Å². The molecule has 0 N–H and O–H groups in total. The summed E-state index contributed by atoms with van der Waals surface area (Å²) < 4.78 is 7.87. The SMILES string of the molecule is COc1ccccc1Cn1nnc2cncn2c1=O. The summed E-state index contributed by atoms with van der Waals surface area (Å²) in [6.45, 7) is 0.296. The van der Waals surface area contributed by atoms with Crippen LogP contribution in [0.3, 0.4) is 0 Å². The summed E-state index contributed by atoms with van der Waals surface area (Å²) in [4.78, 5) is 16.0. The van der Waals surface area contributed by atoms with Gasteiger partial charge in [0.15, 0.2) is 5.65 Å². The second-order valence-electron chi connectivity index (χ2n) is 3.96. The van der Waals surface area contributed by atoms with E-state index in [1.54, 1.807) is 7.11 Å². The van der Waals surface area contributed by atoms with Gasteiger partial charge < -0.3 is 4.74 Å². The second-order valence-corrected chi connectivity index (χ2v) is 3.96. The van der Waals surface area contributed by atoms with Crippen molar-refractivity contribution in [1.29, 1.82) is 0 Å². The number of nitrogens with zero attached hydrogens (tertiary/aromatic N) is 5. The maximum Gasteiger partial charge on any atom is 0.353 e. The fourth-order valence-electron chi connectivity index (χ4n) is 1.87. The van der Waals surface area contributed by atoms with Crippen LogP contribution in [0, 0.1) is 0 Å². The molecule has 0 amide bonds. The van der Waals surface area contributed by atoms with Gasteiger partial charge in [0, 0.05) is 5.56 Å². The predicted molar refractivity (Wildman–Crippen MR) is 67.1 cm³/mol. The largest absolute Gasteiger partial charge is 0.496 e. The lowest BCUT2D eigenvalue weighted by atomic mass is 10.2. The van der Waals surface area contributed by atoms with Crippen molar-refractivity contribution in [1.82, 2.24) is 24.4 Å². The zero-order valence-electron chi connectivity index (χ0n) is 10.2. The van der Waals surface area contributed by atoms with Crippen molar-refractivity contribution in [2.75, 3.05) is 7.11 Å². The topological polar surface area (TPSA) is 74.3 Å². The summed E-state index contributed by atoms with van der Waals surface area (Å²) in [6, 6.07) is 7.47. The molecular formula is C12H11N5O2. The van der Waals surface area contributed by atoms with Gasteiger partial charge in [-0.25, -0.2) is 14.2 Å². The third-order valence-corrected chi connectivity index (χ3v) is 2.81. The standard InChI is InChI=1S/C12H11N5O2/c1-19-10-5-3-2-4-9(10)7-17-12(18)16-8-13-6-11(16)14-15-17/h2-6,8H,7H2,1H3. The Balaban J connectivity index is 2.06. The molecule has 19 heavy (non-hydrogen) atoms. The van der Waals surface area contributed by atoms with Gasteiger partial charge in [0.2, 0.25) is 0 Å². The summed E-state index contributed by atoms with van der Waals surface area (Å²) in [5.41, 5.74) is 1.01. The summed E-state index contributed by atoms with van der Waals surface area (Å²) in [6.07, 6.45) is 2.91. The van der Waals surface area contributed by atoms with Crippen LogP contribution in [-0.2, 0) is 6.54 Å². The molecule has 0 aliphatic heterocycles. The number of hydrogen-bond donors (Lipinski definition) is 0. The van der Waals surface area contributed by atoms with E-state index in [4.69, 9.17) is 4.74 Å². The minimum atomic E-state index is -0.284. The number of aromatic nitrogens is 5. The maximum absolute atomic E-state index is 12.1. The van der Waals surface area contributed by atoms with Gasteiger partial charge in [0.1, 0.15) is 12.1 Å². The Morgan fingerprint density at radius 3 is 3.00 bits per heavy atom. The van der Waals surface area contributed by atoms with Gasteiger partial charge >= 0.3 is 5.69 Å². The van der Waals surface area contributed by atoms with Crippen molar-refractivity contribution in [2.45, 2.75) is 6.54 Å². The Morgan fingerprint density at radius 2 is 2.16 bits per heavy atom. The molecule has 0 unspecified atom stereocenters. The Labute approximate surface area is 108 Å². The lowest BCUT2D eigenvalue weighted by Gasteiger charge is -2.08. The molecule has 2 heterocycles. The van der Waals surface area contributed by atoms with Crippen molar-refractivity contribution in [3.63, 3.8) is 0 Å². The van der Waals surface area contributed by atoms with Crippen LogP contribution in [0.2, 0.25) is 0 Å². The highest BCUT2D eigenvalue weighted by molar-refractivity contribution is 5.34. The van der Waals surface area contributed by atoms with Crippen LogP contribution < -0.4 is 10.4 Å². The lowest BCUT2D eigenvalue weighted by molar-refractivity contribution is 0.405. The number of para-hydroxylation sites is 1. The van der Waals surface area contributed by atoms with Crippen molar-refractivity contribution >= 4 is 5.65 Å². The van der Waals surface area contributed by atoms with Crippen LogP contribution in [-0.4, -0.2) is 31.5 Å². The number of rotatable bonds is 3. The highest BCUT2D eigenvalue weighted by atomic mass is 16.5. The van der Waals surface area contributed by atoms with Gasteiger partial charge in [-0.2, -0.15) is 4.68 Å². The fraction of sp³-hybridized carbons (Fsp3) is 0.167.